The van der Waals surface area contributed by atoms with Crippen LogP contribution >= 0.6 is 0 Å². The van der Waals surface area contributed by atoms with E-state index in [9.17, 15) is 4.79 Å². The molecule has 2 heterocycles. The molecule has 2 fully saturated rings. The van der Waals surface area contributed by atoms with E-state index in [1.54, 1.807) is 0 Å². The first-order valence-corrected chi connectivity index (χ1v) is 6.51. The van der Waals surface area contributed by atoms with E-state index < -0.39 is 0 Å². The summed E-state index contributed by atoms with van der Waals surface area (Å²) in [6.45, 7) is 4.37. The number of amides is 1. The number of rotatable bonds is 3. The molecule has 0 aromatic carbocycles. The highest BCUT2D eigenvalue weighted by atomic mass is 16.1. The van der Waals surface area contributed by atoms with Gasteiger partial charge in [-0.05, 0) is 51.2 Å². The third kappa shape index (κ3) is 2.95. The topological polar surface area (TPSA) is 58.4 Å². The van der Waals surface area contributed by atoms with Crippen molar-refractivity contribution in [3.05, 3.63) is 0 Å². The van der Waals surface area contributed by atoms with Gasteiger partial charge in [0.25, 0.3) is 0 Å². The Morgan fingerprint density at radius 1 is 1.25 bits per heavy atom. The molecule has 16 heavy (non-hydrogen) atoms. The molecule has 4 nitrogen and oxygen atoms in total. The number of nitrogens with zero attached hydrogens (tertiary/aromatic N) is 1. The average molecular weight is 225 g/mol. The first-order chi connectivity index (χ1) is 7.77. The molecule has 2 rings (SSSR count). The zero-order valence-electron chi connectivity index (χ0n) is 9.95. The minimum atomic E-state index is -0.131. The highest BCUT2D eigenvalue weighted by Gasteiger charge is 2.28. The van der Waals surface area contributed by atoms with E-state index in [4.69, 9.17) is 5.73 Å². The lowest BCUT2D eigenvalue weighted by molar-refractivity contribution is -0.124. The van der Waals surface area contributed by atoms with Crippen molar-refractivity contribution in [3.8, 4) is 0 Å². The number of nitrogens with two attached hydrogens (primary N) is 1. The Morgan fingerprint density at radius 3 is 2.69 bits per heavy atom. The molecule has 0 aliphatic carbocycles. The molecule has 2 aliphatic rings. The standard InChI is InChI=1S/C12H23N3O/c13-12(16)11-3-1-2-8-15(11)9-10-4-6-14-7-5-10/h10-11,14H,1-9H2,(H2,13,16). The summed E-state index contributed by atoms with van der Waals surface area (Å²) < 4.78 is 0. The van der Waals surface area contributed by atoms with E-state index in [0.717, 1.165) is 44.9 Å². The number of likely N-dealkylation sites (tertiary alicyclic amines) is 1. The Balaban J connectivity index is 1.87. The van der Waals surface area contributed by atoms with Crippen molar-refractivity contribution in [2.24, 2.45) is 11.7 Å². The van der Waals surface area contributed by atoms with Crippen molar-refractivity contribution in [2.75, 3.05) is 26.2 Å². The quantitative estimate of drug-likeness (QED) is 0.727. The monoisotopic (exact) mass is 225 g/mol. The van der Waals surface area contributed by atoms with Gasteiger partial charge in [0.1, 0.15) is 0 Å². The van der Waals surface area contributed by atoms with Crippen molar-refractivity contribution in [1.82, 2.24) is 10.2 Å². The summed E-state index contributed by atoms with van der Waals surface area (Å²) in [7, 11) is 0. The number of nitrogens with one attached hydrogen (secondary N) is 1. The van der Waals surface area contributed by atoms with Gasteiger partial charge in [-0.25, -0.2) is 0 Å². The van der Waals surface area contributed by atoms with Crippen LogP contribution in [0.25, 0.3) is 0 Å². The predicted molar refractivity (Wildman–Crippen MR) is 64.0 cm³/mol. The number of piperidine rings is 2. The maximum Gasteiger partial charge on any atom is 0.234 e. The van der Waals surface area contributed by atoms with Gasteiger partial charge in [0.05, 0.1) is 6.04 Å². The Hall–Kier alpha value is -0.610. The van der Waals surface area contributed by atoms with Crippen LogP contribution in [0.2, 0.25) is 0 Å². The predicted octanol–water partition coefficient (Wildman–Crippen LogP) is 0.326. The number of hydrogen-bond donors (Lipinski definition) is 2. The van der Waals surface area contributed by atoms with Gasteiger partial charge >= 0.3 is 0 Å². The zero-order valence-corrected chi connectivity index (χ0v) is 9.95. The fourth-order valence-corrected chi connectivity index (χ4v) is 2.93. The molecular weight excluding hydrogens is 202 g/mol. The van der Waals surface area contributed by atoms with Crippen LogP contribution in [0.4, 0.5) is 0 Å². The summed E-state index contributed by atoms with van der Waals surface area (Å²) in [6, 6.07) is 0.00337. The SMILES string of the molecule is NC(=O)C1CCCCN1CC1CCNCC1. The molecule has 1 unspecified atom stereocenters. The molecule has 0 aromatic heterocycles. The van der Waals surface area contributed by atoms with Crippen LogP contribution in [-0.2, 0) is 4.79 Å². The fraction of sp³-hybridized carbons (Fsp3) is 0.917. The van der Waals surface area contributed by atoms with E-state index >= 15 is 0 Å². The van der Waals surface area contributed by atoms with Gasteiger partial charge < -0.3 is 11.1 Å². The van der Waals surface area contributed by atoms with E-state index in [0.29, 0.717) is 0 Å². The second-order valence-corrected chi connectivity index (χ2v) is 5.10. The number of primary amides is 1. The van der Waals surface area contributed by atoms with Crippen LogP contribution < -0.4 is 11.1 Å². The summed E-state index contributed by atoms with van der Waals surface area (Å²) >= 11 is 0. The van der Waals surface area contributed by atoms with Crippen molar-refractivity contribution in [3.63, 3.8) is 0 Å². The highest BCUT2D eigenvalue weighted by molar-refractivity contribution is 5.79. The van der Waals surface area contributed by atoms with Gasteiger partial charge in [0, 0.05) is 6.54 Å². The molecule has 0 spiro atoms. The molecule has 0 radical (unpaired) electrons. The minimum absolute atomic E-state index is 0.00337. The second kappa shape index (κ2) is 5.64. The summed E-state index contributed by atoms with van der Waals surface area (Å²) in [5.41, 5.74) is 5.47. The van der Waals surface area contributed by atoms with E-state index in [1.807, 2.05) is 0 Å². The van der Waals surface area contributed by atoms with Crippen molar-refractivity contribution in [2.45, 2.75) is 38.1 Å². The maximum absolute atomic E-state index is 11.4. The van der Waals surface area contributed by atoms with Crippen molar-refractivity contribution in [1.29, 1.82) is 0 Å². The van der Waals surface area contributed by atoms with E-state index in [1.165, 1.54) is 19.3 Å². The molecule has 1 atom stereocenters. The van der Waals surface area contributed by atoms with Gasteiger partial charge in [-0.1, -0.05) is 6.42 Å². The molecule has 92 valence electrons. The molecule has 3 N–H and O–H groups in total. The highest BCUT2D eigenvalue weighted by Crippen LogP contribution is 2.21. The van der Waals surface area contributed by atoms with Crippen molar-refractivity contribution < 1.29 is 4.79 Å². The lowest BCUT2D eigenvalue weighted by Gasteiger charge is -2.37. The molecule has 4 heteroatoms. The Labute approximate surface area is 97.6 Å². The summed E-state index contributed by atoms with van der Waals surface area (Å²) in [5.74, 6) is 0.620. The van der Waals surface area contributed by atoms with Gasteiger partial charge in [-0.3, -0.25) is 9.69 Å². The third-order valence-corrected chi connectivity index (χ3v) is 3.89. The van der Waals surface area contributed by atoms with E-state index in [2.05, 4.69) is 10.2 Å². The first kappa shape index (κ1) is 11.9. The lowest BCUT2D eigenvalue weighted by Crippen LogP contribution is -2.50. The minimum Gasteiger partial charge on any atom is -0.368 e. The number of hydrogen-bond acceptors (Lipinski definition) is 3. The molecule has 1 amide bonds. The zero-order chi connectivity index (χ0) is 11.4. The summed E-state index contributed by atoms with van der Waals surface area (Å²) in [4.78, 5) is 13.7. The van der Waals surface area contributed by atoms with Gasteiger partial charge in [0.2, 0.25) is 5.91 Å². The maximum atomic E-state index is 11.4. The van der Waals surface area contributed by atoms with Crippen LogP contribution in [0, 0.1) is 5.92 Å². The molecule has 2 aliphatic heterocycles. The Bertz CT molecular complexity index is 238. The summed E-state index contributed by atoms with van der Waals surface area (Å²) in [6.07, 6.45) is 5.80. The van der Waals surface area contributed by atoms with E-state index in [-0.39, 0.29) is 11.9 Å². The normalized spacial score (nSPS) is 29.1. The molecule has 0 bridgehead atoms. The first-order valence-electron chi connectivity index (χ1n) is 6.51. The second-order valence-electron chi connectivity index (χ2n) is 5.10. The molecular formula is C12H23N3O. The Morgan fingerprint density at radius 2 is 2.00 bits per heavy atom. The van der Waals surface area contributed by atoms with Crippen LogP contribution in [0.5, 0.6) is 0 Å². The van der Waals surface area contributed by atoms with Crippen LogP contribution in [-0.4, -0.2) is 43.0 Å². The smallest absolute Gasteiger partial charge is 0.234 e. The van der Waals surface area contributed by atoms with Gasteiger partial charge in [-0.15, -0.1) is 0 Å². The molecule has 2 saturated heterocycles. The number of carbonyl (C=O) groups is 1. The van der Waals surface area contributed by atoms with Crippen LogP contribution in [0.3, 0.4) is 0 Å². The lowest BCUT2D eigenvalue weighted by atomic mass is 9.94. The van der Waals surface area contributed by atoms with Gasteiger partial charge in [0.15, 0.2) is 0 Å². The third-order valence-electron chi connectivity index (χ3n) is 3.89. The number of carbonyl (C=O) groups excluding carboxylic acids is 1. The largest absolute Gasteiger partial charge is 0.368 e. The van der Waals surface area contributed by atoms with Crippen molar-refractivity contribution >= 4 is 5.91 Å². The average Bonchev–Trinajstić information content (AvgIpc) is 2.31. The van der Waals surface area contributed by atoms with Crippen LogP contribution in [0.1, 0.15) is 32.1 Å². The molecule has 0 aromatic rings. The Kier molecular flexibility index (Phi) is 4.18. The summed E-state index contributed by atoms with van der Waals surface area (Å²) in [5, 5.41) is 3.38. The fourth-order valence-electron chi connectivity index (χ4n) is 2.93. The van der Waals surface area contributed by atoms with Crippen LogP contribution in [0.15, 0.2) is 0 Å². The van der Waals surface area contributed by atoms with Gasteiger partial charge in [-0.2, -0.15) is 0 Å². The molecule has 0 saturated carbocycles.